The zero-order valence-corrected chi connectivity index (χ0v) is 15.4. The smallest absolute Gasteiger partial charge is 0.265 e. The summed E-state index contributed by atoms with van der Waals surface area (Å²) < 4.78 is 28.2. The molecule has 0 saturated carbocycles. The van der Waals surface area contributed by atoms with Crippen molar-refractivity contribution in [1.82, 2.24) is 18.8 Å². The summed E-state index contributed by atoms with van der Waals surface area (Å²) >= 11 is 0. The Labute approximate surface area is 155 Å². The van der Waals surface area contributed by atoms with Crippen LogP contribution in [0.25, 0.3) is 0 Å². The van der Waals surface area contributed by atoms with Gasteiger partial charge in [-0.05, 0) is 12.1 Å². The van der Waals surface area contributed by atoms with Crippen molar-refractivity contribution in [2.45, 2.75) is 4.90 Å². The monoisotopic (exact) mass is 393 g/mol. The number of hydrogen-bond donors (Lipinski definition) is 2. The average Bonchev–Trinajstić information content (AvgIpc) is 3.05. The highest BCUT2D eigenvalue weighted by atomic mass is 32.2. The molecule has 11 heteroatoms. The topological polar surface area (TPSA) is 139 Å². The van der Waals surface area contributed by atoms with Gasteiger partial charge < -0.3 is 20.2 Å². The number of aromatic amines is 1. The molecule has 3 N–H and O–H groups in total. The van der Waals surface area contributed by atoms with Crippen LogP contribution in [-0.2, 0) is 17.1 Å². The van der Waals surface area contributed by atoms with Gasteiger partial charge in [0.15, 0.2) is 0 Å². The van der Waals surface area contributed by atoms with E-state index >= 15 is 0 Å². The summed E-state index contributed by atoms with van der Waals surface area (Å²) in [6.45, 7) is 0.676. The van der Waals surface area contributed by atoms with Gasteiger partial charge in [-0.1, -0.05) is 0 Å². The van der Waals surface area contributed by atoms with Crippen molar-refractivity contribution in [2.75, 3.05) is 26.2 Å². The standard InChI is InChI=1S/C16H19N5O5S/c1-19-10-12(8-13(19)15(17)23)27(25,26)21-6-4-20(5-7-21)16(24)11-2-3-14(22)18-9-11/h2-3,8-10H,4-7H2,1H3,(H2,17,23)(H,18,22). The van der Waals surface area contributed by atoms with Crippen molar-refractivity contribution in [3.8, 4) is 0 Å². The van der Waals surface area contributed by atoms with E-state index in [9.17, 15) is 22.8 Å². The lowest BCUT2D eigenvalue weighted by Crippen LogP contribution is -2.50. The van der Waals surface area contributed by atoms with Crippen LogP contribution in [-0.4, -0.2) is 65.2 Å². The summed E-state index contributed by atoms with van der Waals surface area (Å²) in [5.41, 5.74) is 5.36. The number of sulfonamides is 1. The van der Waals surface area contributed by atoms with E-state index in [4.69, 9.17) is 5.73 Å². The fraction of sp³-hybridized carbons (Fsp3) is 0.312. The van der Waals surface area contributed by atoms with Crippen molar-refractivity contribution in [3.05, 3.63) is 52.2 Å². The van der Waals surface area contributed by atoms with E-state index < -0.39 is 15.9 Å². The fourth-order valence-corrected chi connectivity index (χ4v) is 4.42. The van der Waals surface area contributed by atoms with E-state index in [1.54, 1.807) is 7.05 Å². The maximum absolute atomic E-state index is 12.8. The molecule has 1 fully saturated rings. The largest absolute Gasteiger partial charge is 0.364 e. The fourth-order valence-electron chi connectivity index (χ4n) is 2.93. The zero-order chi connectivity index (χ0) is 19.8. The maximum Gasteiger partial charge on any atom is 0.265 e. The van der Waals surface area contributed by atoms with E-state index in [2.05, 4.69) is 4.98 Å². The Morgan fingerprint density at radius 2 is 1.81 bits per heavy atom. The number of nitrogens with one attached hydrogen (secondary N) is 1. The van der Waals surface area contributed by atoms with Gasteiger partial charge in [-0.2, -0.15) is 4.31 Å². The molecule has 0 unspecified atom stereocenters. The minimum atomic E-state index is -3.80. The van der Waals surface area contributed by atoms with Crippen molar-refractivity contribution >= 4 is 21.8 Å². The first kappa shape index (κ1) is 18.9. The van der Waals surface area contributed by atoms with Crippen molar-refractivity contribution in [3.63, 3.8) is 0 Å². The molecule has 144 valence electrons. The van der Waals surface area contributed by atoms with Crippen LogP contribution < -0.4 is 11.3 Å². The maximum atomic E-state index is 12.8. The van der Waals surface area contributed by atoms with E-state index in [0.717, 1.165) is 0 Å². The Morgan fingerprint density at radius 3 is 2.33 bits per heavy atom. The number of H-pyrrole nitrogens is 1. The van der Waals surface area contributed by atoms with Gasteiger partial charge in [0.1, 0.15) is 10.6 Å². The minimum absolute atomic E-state index is 0.0146. The molecule has 27 heavy (non-hydrogen) atoms. The molecule has 2 aromatic heterocycles. The lowest BCUT2D eigenvalue weighted by molar-refractivity contribution is 0.0697. The first-order chi connectivity index (χ1) is 12.7. The third kappa shape index (κ3) is 3.64. The van der Waals surface area contributed by atoms with Gasteiger partial charge in [0.05, 0.1) is 5.56 Å². The second-order valence-corrected chi connectivity index (χ2v) is 8.11. The van der Waals surface area contributed by atoms with E-state index in [-0.39, 0.29) is 48.2 Å². The molecule has 0 radical (unpaired) electrons. The summed E-state index contributed by atoms with van der Waals surface area (Å²) in [6.07, 6.45) is 2.68. The molecule has 3 heterocycles. The molecule has 0 bridgehead atoms. The molecule has 10 nitrogen and oxygen atoms in total. The number of nitrogens with two attached hydrogens (primary N) is 1. The molecule has 0 aliphatic carbocycles. The lowest BCUT2D eigenvalue weighted by Gasteiger charge is -2.33. The number of primary amides is 1. The van der Waals surface area contributed by atoms with Crippen LogP contribution in [0.2, 0.25) is 0 Å². The molecule has 2 aromatic rings. The van der Waals surface area contributed by atoms with Gasteiger partial charge in [0, 0.05) is 51.7 Å². The molecule has 1 aliphatic rings. The van der Waals surface area contributed by atoms with Gasteiger partial charge in [0.2, 0.25) is 15.6 Å². The van der Waals surface area contributed by atoms with E-state index in [0.29, 0.717) is 5.56 Å². The number of aryl methyl sites for hydroxylation is 1. The normalized spacial score (nSPS) is 15.7. The molecule has 1 aliphatic heterocycles. The highest BCUT2D eigenvalue weighted by molar-refractivity contribution is 7.89. The first-order valence-electron chi connectivity index (χ1n) is 8.14. The number of nitrogens with zero attached hydrogens (tertiary/aromatic N) is 3. The highest BCUT2D eigenvalue weighted by Gasteiger charge is 2.31. The predicted molar refractivity (Wildman–Crippen MR) is 95.7 cm³/mol. The molecule has 2 amide bonds. The highest BCUT2D eigenvalue weighted by Crippen LogP contribution is 2.20. The summed E-state index contributed by atoms with van der Waals surface area (Å²) in [5.74, 6) is -0.991. The van der Waals surface area contributed by atoms with E-state index in [1.807, 2.05) is 0 Å². The number of aromatic nitrogens is 2. The summed E-state index contributed by atoms with van der Waals surface area (Å²) in [6, 6.07) is 3.94. The van der Waals surface area contributed by atoms with Crippen molar-refractivity contribution in [1.29, 1.82) is 0 Å². The zero-order valence-electron chi connectivity index (χ0n) is 14.6. The molecule has 0 atom stereocenters. The predicted octanol–water partition coefficient (Wildman–Crippen LogP) is -1.04. The van der Waals surface area contributed by atoms with Gasteiger partial charge in [0.25, 0.3) is 11.8 Å². The van der Waals surface area contributed by atoms with Crippen LogP contribution in [0.15, 0.2) is 40.3 Å². The molecular weight excluding hydrogens is 374 g/mol. The number of pyridine rings is 1. The number of rotatable bonds is 4. The molecule has 0 aromatic carbocycles. The second kappa shape index (κ2) is 7.00. The summed E-state index contributed by atoms with van der Waals surface area (Å²) in [4.78, 5) is 38.8. The average molecular weight is 393 g/mol. The van der Waals surface area contributed by atoms with Gasteiger partial charge in [-0.15, -0.1) is 0 Å². The lowest BCUT2D eigenvalue weighted by atomic mass is 10.2. The Kier molecular flexibility index (Phi) is 4.89. The van der Waals surface area contributed by atoms with Crippen LogP contribution in [0, 0.1) is 0 Å². The molecular formula is C16H19N5O5S. The Bertz CT molecular complexity index is 1030. The molecule has 3 rings (SSSR count). The molecule has 1 saturated heterocycles. The Morgan fingerprint density at radius 1 is 1.15 bits per heavy atom. The quantitative estimate of drug-likeness (QED) is 0.683. The second-order valence-electron chi connectivity index (χ2n) is 6.17. The van der Waals surface area contributed by atoms with Gasteiger partial charge in [-0.25, -0.2) is 8.42 Å². The number of carbonyl (C=O) groups is 2. The van der Waals surface area contributed by atoms with Crippen LogP contribution in [0.5, 0.6) is 0 Å². The van der Waals surface area contributed by atoms with Gasteiger partial charge in [-0.3, -0.25) is 14.4 Å². The number of piperazine rings is 1. The summed E-state index contributed by atoms with van der Waals surface area (Å²) in [5, 5.41) is 0. The third-order valence-corrected chi connectivity index (χ3v) is 6.29. The molecule has 0 spiro atoms. The van der Waals surface area contributed by atoms with Crippen LogP contribution in [0.3, 0.4) is 0 Å². The van der Waals surface area contributed by atoms with Crippen LogP contribution in [0.4, 0.5) is 0 Å². The first-order valence-corrected chi connectivity index (χ1v) is 9.58. The van der Waals surface area contributed by atoms with E-state index in [1.165, 1.54) is 44.4 Å². The minimum Gasteiger partial charge on any atom is -0.364 e. The van der Waals surface area contributed by atoms with Gasteiger partial charge >= 0.3 is 0 Å². The van der Waals surface area contributed by atoms with Crippen LogP contribution in [0.1, 0.15) is 20.8 Å². The Hall–Kier alpha value is -2.92. The third-order valence-electron chi connectivity index (χ3n) is 4.43. The van der Waals surface area contributed by atoms with Crippen molar-refractivity contribution in [2.24, 2.45) is 12.8 Å². The Balaban J connectivity index is 1.72. The van der Waals surface area contributed by atoms with Crippen molar-refractivity contribution < 1.29 is 18.0 Å². The number of amides is 2. The number of hydrogen-bond acceptors (Lipinski definition) is 5. The SMILES string of the molecule is Cn1cc(S(=O)(=O)N2CCN(C(=O)c3ccc(=O)[nH]c3)CC2)cc1C(N)=O. The summed E-state index contributed by atoms with van der Waals surface area (Å²) in [7, 11) is -2.26. The number of carbonyl (C=O) groups excluding carboxylic acids is 2. The van der Waals surface area contributed by atoms with Crippen LogP contribution >= 0.6 is 0 Å².